The number of nitro groups is 1. The summed E-state index contributed by atoms with van der Waals surface area (Å²) in [5.41, 5.74) is 5.73. The number of hydrogen-bond donors (Lipinski definition) is 1. The molecular formula is C19H20N6O5S. The van der Waals surface area contributed by atoms with Gasteiger partial charge in [-0.25, -0.2) is 0 Å². The van der Waals surface area contributed by atoms with Crippen LogP contribution >= 0.6 is 11.8 Å². The molecule has 0 fully saturated rings. The van der Waals surface area contributed by atoms with Gasteiger partial charge in [-0.2, -0.15) is 0 Å². The monoisotopic (exact) mass is 444 g/mol. The van der Waals surface area contributed by atoms with Crippen LogP contribution < -0.4 is 10.6 Å². The van der Waals surface area contributed by atoms with Gasteiger partial charge in [0.05, 0.1) is 23.5 Å². The Morgan fingerprint density at radius 3 is 2.61 bits per heavy atom. The lowest BCUT2D eigenvalue weighted by atomic mass is 10.2. The number of carbonyl (C=O) groups is 2. The van der Waals surface area contributed by atoms with Gasteiger partial charge in [0.15, 0.2) is 5.16 Å². The average molecular weight is 444 g/mol. The zero-order valence-electron chi connectivity index (χ0n) is 16.6. The summed E-state index contributed by atoms with van der Waals surface area (Å²) in [6.45, 7) is 0.350. The number of hydrogen-bond acceptors (Lipinski definition) is 8. The standard InChI is InChI=1S/C19H20N6O5S/c1-23(13-4-6-14(7-5-13)25(28)29)18(27)12-31-19-22-21-17(9-8-16(20)26)24(19)11-15-3-2-10-30-15/h2-7,10H,8-9,11-12H2,1H3,(H2,20,26). The predicted octanol–water partition coefficient (Wildman–Crippen LogP) is 2.00. The molecule has 31 heavy (non-hydrogen) atoms. The van der Waals surface area contributed by atoms with Gasteiger partial charge in [-0.05, 0) is 24.3 Å². The second-order valence-electron chi connectivity index (χ2n) is 6.55. The summed E-state index contributed by atoms with van der Waals surface area (Å²) in [5, 5.41) is 19.6. The first-order chi connectivity index (χ1) is 14.8. The maximum absolute atomic E-state index is 12.6. The lowest BCUT2D eigenvalue weighted by Gasteiger charge is -2.17. The molecule has 0 spiro atoms. The van der Waals surface area contributed by atoms with Crippen LogP contribution in [-0.2, 0) is 22.6 Å². The smallest absolute Gasteiger partial charge is 0.269 e. The molecule has 12 heteroatoms. The summed E-state index contributed by atoms with van der Waals surface area (Å²) in [4.78, 5) is 35.5. The number of thioether (sulfide) groups is 1. The van der Waals surface area contributed by atoms with E-state index in [9.17, 15) is 19.7 Å². The fourth-order valence-corrected chi connectivity index (χ4v) is 3.60. The topological polar surface area (TPSA) is 150 Å². The summed E-state index contributed by atoms with van der Waals surface area (Å²) >= 11 is 1.20. The summed E-state index contributed by atoms with van der Waals surface area (Å²) in [6, 6.07) is 9.29. The summed E-state index contributed by atoms with van der Waals surface area (Å²) in [7, 11) is 1.59. The first kappa shape index (κ1) is 22.0. The number of benzene rings is 1. The Bertz CT molecular complexity index is 1060. The molecule has 0 radical (unpaired) electrons. The van der Waals surface area contributed by atoms with Crippen molar-refractivity contribution in [2.45, 2.75) is 24.5 Å². The first-order valence-corrected chi connectivity index (χ1v) is 10.2. The molecule has 0 atom stereocenters. The molecule has 0 bridgehead atoms. The number of rotatable bonds is 10. The van der Waals surface area contributed by atoms with Gasteiger partial charge in [-0.1, -0.05) is 11.8 Å². The van der Waals surface area contributed by atoms with Crippen molar-refractivity contribution < 1.29 is 18.9 Å². The first-order valence-electron chi connectivity index (χ1n) is 9.21. The summed E-state index contributed by atoms with van der Waals surface area (Å²) in [5.74, 6) is 0.650. The molecule has 0 aliphatic rings. The van der Waals surface area contributed by atoms with Crippen molar-refractivity contribution in [3.8, 4) is 0 Å². The third-order valence-electron chi connectivity index (χ3n) is 4.43. The molecular weight excluding hydrogens is 424 g/mol. The van der Waals surface area contributed by atoms with E-state index in [0.717, 1.165) is 0 Å². The number of amides is 2. The van der Waals surface area contributed by atoms with Crippen molar-refractivity contribution in [2.24, 2.45) is 5.73 Å². The Hall–Kier alpha value is -3.67. The minimum Gasteiger partial charge on any atom is -0.467 e. The van der Waals surface area contributed by atoms with Crippen LogP contribution in [0.1, 0.15) is 18.0 Å². The Morgan fingerprint density at radius 2 is 2.00 bits per heavy atom. The number of non-ortho nitro benzene ring substituents is 1. The summed E-state index contributed by atoms with van der Waals surface area (Å²) < 4.78 is 7.17. The Morgan fingerprint density at radius 1 is 1.26 bits per heavy atom. The van der Waals surface area contributed by atoms with Gasteiger partial charge in [-0.15, -0.1) is 10.2 Å². The molecule has 3 aromatic rings. The average Bonchev–Trinajstić information content (AvgIpc) is 3.40. The Kier molecular flexibility index (Phi) is 7.03. The van der Waals surface area contributed by atoms with E-state index in [1.165, 1.54) is 40.9 Å². The van der Waals surface area contributed by atoms with Crippen LogP contribution in [0, 0.1) is 10.1 Å². The van der Waals surface area contributed by atoms with Crippen LogP contribution in [-0.4, -0.2) is 44.3 Å². The van der Waals surface area contributed by atoms with E-state index in [-0.39, 0.29) is 23.8 Å². The highest BCUT2D eigenvalue weighted by Gasteiger charge is 2.18. The number of nitro benzene ring substituents is 1. The normalized spacial score (nSPS) is 10.7. The molecule has 2 N–H and O–H groups in total. The lowest BCUT2D eigenvalue weighted by molar-refractivity contribution is -0.384. The molecule has 3 rings (SSSR count). The number of nitrogens with two attached hydrogens (primary N) is 1. The number of aromatic nitrogens is 3. The Balaban J connectivity index is 1.70. The van der Waals surface area contributed by atoms with E-state index in [0.29, 0.717) is 35.4 Å². The zero-order chi connectivity index (χ0) is 22.4. The molecule has 0 unspecified atom stereocenters. The fourth-order valence-electron chi connectivity index (χ4n) is 2.73. The van der Waals surface area contributed by atoms with Gasteiger partial charge in [0, 0.05) is 37.7 Å². The van der Waals surface area contributed by atoms with Crippen LogP contribution in [0.4, 0.5) is 11.4 Å². The van der Waals surface area contributed by atoms with Gasteiger partial charge in [-0.3, -0.25) is 24.3 Å². The fraction of sp³-hybridized carbons (Fsp3) is 0.263. The molecule has 2 heterocycles. The highest BCUT2D eigenvalue weighted by atomic mass is 32.2. The highest BCUT2D eigenvalue weighted by Crippen LogP contribution is 2.23. The third-order valence-corrected chi connectivity index (χ3v) is 5.38. The van der Waals surface area contributed by atoms with Crippen molar-refractivity contribution in [3.63, 3.8) is 0 Å². The van der Waals surface area contributed by atoms with Crippen molar-refractivity contribution >= 4 is 35.0 Å². The van der Waals surface area contributed by atoms with Gasteiger partial charge >= 0.3 is 0 Å². The summed E-state index contributed by atoms with van der Waals surface area (Å²) in [6.07, 6.45) is 2.00. The van der Waals surface area contributed by atoms with Crippen molar-refractivity contribution in [1.82, 2.24) is 14.8 Å². The second-order valence-corrected chi connectivity index (χ2v) is 7.49. The number of nitrogens with zero attached hydrogens (tertiary/aromatic N) is 5. The minimum atomic E-state index is -0.497. The van der Waals surface area contributed by atoms with Crippen LogP contribution in [0.25, 0.3) is 0 Å². The molecule has 0 saturated carbocycles. The van der Waals surface area contributed by atoms with Crippen LogP contribution in [0.15, 0.2) is 52.2 Å². The Labute approximate surface area is 181 Å². The lowest BCUT2D eigenvalue weighted by Crippen LogP contribution is -2.28. The molecule has 0 aliphatic carbocycles. The van der Waals surface area contributed by atoms with Crippen LogP contribution in [0.2, 0.25) is 0 Å². The van der Waals surface area contributed by atoms with Gasteiger partial charge in [0.2, 0.25) is 11.8 Å². The quantitative estimate of drug-likeness (QED) is 0.283. The molecule has 0 saturated heterocycles. The van der Waals surface area contributed by atoms with E-state index < -0.39 is 10.8 Å². The molecule has 2 aromatic heterocycles. The van der Waals surface area contributed by atoms with Crippen LogP contribution in [0.3, 0.4) is 0 Å². The third kappa shape index (κ3) is 5.69. The number of furan rings is 1. The maximum atomic E-state index is 12.6. The molecule has 0 aliphatic heterocycles. The minimum absolute atomic E-state index is 0.0477. The van der Waals surface area contributed by atoms with E-state index in [1.807, 2.05) is 0 Å². The predicted molar refractivity (Wildman–Crippen MR) is 113 cm³/mol. The zero-order valence-corrected chi connectivity index (χ0v) is 17.4. The second kappa shape index (κ2) is 9.89. The van der Waals surface area contributed by atoms with E-state index in [1.54, 1.807) is 30.0 Å². The van der Waals surface area contributed by atoms with Gasteiger partial charge in [0.25, 0.3) is 5.69 Å². The molecule has 11 nitrogen and oxygen atoms in total. The largest absolute Gasteiger partial charge is 0.467 e. The number of aryl methyl sites for hydroxylation is 1. The van der Waals surface area contributed by atoms with E-state index >= 15 is 0 Å². The van der Waals surface area contributed by atoms with E-state index in [4.69, 9.17) is 10.2 Å². The SMILES string of the molecule is CN(C(=O)CSc1nnc(CCC(N)=O)n1Cc1ccco1)c1ccc([N+](=O)[O-])cc1. The van der Waals surface area contributed by atoms with Gasteiger partial charge < -0.3 is 15.1 Å². The molecule has 162 valence electrons. The maximum Gasteiger partial charge on any atom is 0.269 e. The van der Waals surface area contributed by atoms with E-state index in [2.05, 4.69) is 10.2 Å². The number of anilines is 1. The molecule has 2 amide bonds. The van der Waals surface area contributed by atoms with Crippen LogP contribution in [0.5, 0.6) is 0 Å². The molecule has 1 aromatic carbocycles. The highest BCUT2D eigenvalue weighted by molar-refractivity contribution is 7.99. The number of primary amides is 1. The van der Waals surface area contributed by atoms with Crippen molar-refractivity contribution in [1.29, 1.82) is 0 Å². The van der Waals surface area contributed by atoms with Gasteiger partial charge in [0.1, 0.15) is 11.6 Å². The van der Waals surface area contributed by atoms with Crippen molar-refractivity contribution in [3.05, 3.63) is 64.4 Å². The number of carbonyl (C=O) groups excluding carboxylic acids is 2. The van der Waals surface area contributed by atoms with Crippen molar-refractivity contribution in [2.75, 3.05) is 17.7 Å².